The Morgan fingerprint density at radius 1 is 0.652 bits per heavy atom. The van der Waals surface area contributed by atoms with E-state index in [2.05, 4.69) is 85.0 Å². The standard InChI is InChI=1S/C23H20/c1-2-10-20(9-1)22-13-5-7-18(16-22)15-19-8-6-14-23(17-19)21-11-3-4-12-21/h1-9,11,13-14,16-17H,10,12,15H2. The third kappa shape index (κ3) is 3.12. The minimum atomic E-state index is 0.989. The van der Waals surface area contributed by atoms with Crippen LogP contribution in [0, 0.1) is 0 Å². The smallest absolute Gasteiger partial charge is 0.00253 e. The molecule has 2 aromatic rings. The highest BCUT2D eigenvalue weighted by molar-refractivity contribution is 5.72. The topological polar surface area (TPSA) is 0 Å². The van der Waals surface area contributed by atoms with Crippen molar-refractivity contribution in [3.8, 4) is 0 Å². The summed E-state index contributed by atoms with van der Waals surface area (Å²) < 4.78 is 0. The van der Waals surface area contributed by atoms with E-state index >= 15 is 0 Å². The highest BCUT2D eigenvalue weighted by Gasteiger charge is 2.07. The molecular formula is C23H20. The van der Waals surface area contributed by atoms with E-state index in [-0.39, 0.29) is 0 Å². The lowest BCUT2D eigenvalue weighted by molar-refractivity contribution is 1.18. The van der Waals surface area contributed by atoms with Gasteiger partial charge in [0.2, 0.25) is 0 Å². The zero-order valence-electron chi connectivity index (χ0n) is 13.2. The van der Waals surface area contributed by atoms with E-state index in [4.69, 9.17) is 0 Å². The van der Waals surface area contributed by atoms with E-state index in [1.54, 1.807) is 0 Å². The second-order valence-electron chi connectivity index (χ2n) is 6.23. The minimum Gasteiger partial charge on any atom is -0.0801 e. The number of allylic oxidation sites excluding steroid dienone is 8. The first-order valence-corrected chi connectivity index (χ1v) is 8.28. The zero-order chi connectivity index (χ0) is 15.5. The molecule has 0 heteroatoms. The molecule has 4 rings (SSSR count). The lowest BCUT2D eigenvalue weighted by Crippen LogP contribution is -1.92. The number of benzene rings is 2. The van der Waals surface area contributed by atoms with Crippen molar-refractivity contribution in [1.82, 2.24) is 0 Å². The summed E-state index contributed by atoms with van der Waals surface area (Å²) in [6, 6.07) is 17.9. The van der Waals surface area contributed by atoms with Gasteiger partial charge in [0.05, 0.1) is 0 Å². The molecule has 0 saturated carbocycles. The normalized spacial score (nSPS) is 15.8. The molecule has 0 saturated heterocycles. The predicted octanol–water partition coefficient (Wildman–Crippen LogP) is 5.96. The van der Waals surface area contributed by atoms with E-state index in [1.807, 2.05) is 0 Å². The summed E-state index contributed by atoms with van der Waals surface area (Å²) in [7, 11) is 0. The number of rotatable bonds is 4. The molecule has 0 bridgehead atoms. The summed E-state index contributed by atoms with van der Waals surface area (Å²) in [5, 5.41) is 0. The molecule has 0 amide bonds. The fourth-order valence-corrected chi connectivity index (χ4v) is 3.32. The van der Waals surface area contributed by atoms with Gasteiger partial charge in [-0.1, -0.05) is 85.0 Å². The van der Waals surface area contributed by atoms with Gasteiger partial charge in [0, 0.05) is 0 Å². The third-order valence-electron chi connectivity index (χ3n) is 4.55. The molecule has 0 aromatic heterocycles. The first kappa shape index (κ1) is 14.0. The summed E-state index contributed by atoms with van der Waals surface area (Å²) >= 11 is 0. The summed E-state index contributed by atoms with van der Waals surface area (Å²) in [5.41, 5.74) is 8.31. The minimum absolute atomic E-state index is 0.989. The van der Waals surface area contributed by atoms with E-state index in [0.717, 1.165) is 19.3 Å². The molecule has 0 radical (unpaired) electrons. The van der Waals surface area contributed by atoms with Gasteiger partial charge in [0.1, 0.15) is 0 Å². The Morgan fingerprint density at radius 3 is 1.61 bits per heavy atom. The summed E-state index contributed by atoms with van der Waals surface area (Å²) in [4.78, 5) is 0. The van der Waals surface area contributed by atoms with Crippen LogP contribution in [0.2, 0.25) is 0 Å². The van der Waals surface area contributed by atoms with Crippen LogP contribution in [0.4, 0.5) is 0 Å². The summed E-state index contributed by atoms with van der Waals surface area (Å²) in [6.07, 6.45) is 16.3. The average Bonchev–Trinajstić information content (AvgIpc) is 3.29. The van der Waals surface area contributed by atoms with Gasteiger partial charge in [-0.05, 0) is 52.7 Å². The Kier molecular flexibility index (Phi) is 3.81. The van der Waals surface area contributed by atoms with Gasteiger partial charge >= 0.3 is 0 Å². The van der Waals surface area contributed by atoms with Crippen LogP contribution in [-0.2, 0) is 6.42 Å². The van der Waals surface area contributed by atoms with Gasteiger partial charge in [-0.25, -0.2) is 0 Å². The molecule has 0 fully saturated rings. The molecule has 2 aliphatic carbocycles. The van der Waals surface area contributed by atoms with Crippen LogP contribution in [0.1, 0.15) is 35.1 Å². The van der Waals surface area contributed by atoms with Crippen molar-refractivity contribution in [3.63, 3.8) is 0 Å². The second-order valence-corrected chi connectivity index (χ2v) is 6.23. The SMILES string of the molecule is C1=CCC(c2cccc(Cc3cccc(C4=CC=CC4)c3)c2)=C1. The van der Waals surface area contributed by atoms with Crippen LogP contribution >= 0.6 is 0 Å². The molecule has 0 N–H and O–H groups in total. The molecule has 23 heavy (non-hydrogen) atoms. The Hall–Kier alpha value is -2.60. The zero-order valence-corrected chi connectivity index (χ0v) is 13.2. The molecule has 112 valence electrons. The van der Waals surface area contributed by atoms with Gasteiger partial charge in [-0.15, -0.1) is 0 Å². The van der Waals surface area contributed by atoms with Crippen molar-refractivity contribution < 1.29 is 0 Å². The quantitative estimate of drug-likeness (QED) is 0.652. The Balaban J connectivity index is 1.56. The van der Waals surface area contributed by atoms with Crippen LogP contribution in [0.25, 0.3) is 11.1 Å². The maximum absolute atomic E-state index is 2.34. The molecule has 2 aliphatic rings. The van der Waals surface area contributed by atoms with Crippen molar-refractivity contribution >= 4 is 11.1 Å². The first-order valence-electron chi connectivity index (χ1n) is 8.28. The van der Waals surface area contributed by atoms with Crippen LogP contribution in [0.3, 0.4) is 0 Å². The molecule has 0 unspecified atom stereocenters. The van der Waals surface area contributed by atoms with Gasteiger partial charge < -0.3 is 0 Å². The number of hydrogen-bond donors (Lipinski definition) is 0. The van der Waals surface area contributed by atoms with Gasteiger partial charge in [0.25, 0.3) is 0 Å². The van der Waals surface area contributed by atoms with Crippen molar-refractivity contribution in [3.05, 3.63) is 107 Å². The van der Waals surface area contributed by atoms with Crippen molar-refractivity contribution in [2.75, 3.05) is 0 Å². The van der Waals surface area contributed by atoms with Gasteiger partial charge in [0.15, 0.2) is 0 Å². The highest BCUT2D eigenvalue weighted by Crippen LogP contribution is 2.26. The van der Waals surface area contributed by atoms with Crippen LogP contribution in [0.15, 0.2) is 85.0 Å². The summed E-state index contributed by atoms with van der Waals surface area (Å²) in [5.74, 6) is 0. The lowest BCUT2D eigenvalue weighted by atomic mass is 9.96. The van der Waals surface area contributed by atoms with Crippen molar-refractivity contribution in [1.29, 1.82) is 0 Å². The van der Waals surface area contributed by atoms with Crippen molar-refractivity contribution in [2.24, 2.45) is 0 Å². The third-order valence-corrected chi connectivity index (χ3v) is 4.55. The Labute approximate surface area is 138 Å². The second kappa shape index (κ2) is 6.26. The molecule has 0 aliphatic heterocycles. The van der Waals surface area contributed by atoms with E-state index in [9.17, 15) is 0 Å². The Bertz CT molecular complexity index is 772. The van der Waals surface area contributed by atoms with Crippen LogP contribution < -0.4 is 0 Å². The van der Waals surface area contributed by atoms with Crippen LogP contribution in [-0.4, -0.2) is 0 Å². The van der Waals surface area contributed by atoms with Gasteiger partial charge in [-0.2, -0.15) is 0 Å². The monoisotopic (exact) mass is 296 g/mol. The van der Waals surface area contributed by atoms with Crippen molar-refractivity contribution in [2.45, 2.75) is 19.3 Å². The maximum Gasteiger partial charge on any atom is -0.00253 e. The fourth-order valence-electron chi connectivity index (χ4n) is 3.32. The largest absolute Gasteiger partial charge is 0.0801 e. The lowest BCUT2D eigenvalue weighted by Gasteiger charge is -2.09. The average molecular weight is 296 g/mol. The highest BCUT2D eigenvalue weighted by atomic mass is 14.1. The van der Waals surface area contributed by atoms with E-state index < -0.39 is 0 Å². The Morgan fingerprint density at radius 2 is 1.17 bits per heavy atom. The van der Waals surface area contributed by atoms with E-state index in [1.165, 1.54) is 33.4 Å². The van der Waals surface area contributed by atoms with Crippen LogP contribution in [0.5, 0.6) is 0 Å². The summed E-state index contributed by atoms with van der Waals surface area (Å²) in [6.45, 7) is 0. The molecular weight excluding hydrogens is 276 g/mol. The van der Waals surface area contributed by atoms with E-state index in [0.29, 0.717) is 0 Å². The molecule has 0 spiro atoms. The van der Waals surface area contributed by atoms with Gasteiger partial charge in [-0.3, -0.25) is 0 Å². The predicted molar refractivity (Wildman–Crippen MR) is 99.2 cm³/mol. The first-order chi connectivity index (χ1) is 11.4. The fraction of sp³-hybridized carbons (Fsp3) is 0.130. The molecule has 2 aromatic carbocycles. The molecule has 0 heterocycles. The maximum atomic E-state index is 2.34. The molecule has 0 nitrogen and oxygen atoms in total. The number of hydrogen-bond acceptors (Lipinski definition) is 0. The molecule has 0 atom stereocenters.